The lowest BCUT2D eigenvalue weighted by Crippen LogP contribution is -2.22. The molecule has 0 aliphatic carbocycles. The number of carbonyl (C=O) groups excluding carboxylic acids is 2. The maximum atomic E-state index is 12.2. The fraction of sp³-hybridized carbons (Fsp3) is 0.364. The van der Waals surface area contributed by atoms with Crippen molar-refractivity contribution < 1.29 is 14.3 Å². The number of benzene rings is 2. The Morgan fingerprint density at radius 1 is 1.07 bits per heavy atom. The Balaban J connectivity index is 1.88. The van der Waals surface area contributed by atoms with Crippen molar-refractivity contribution in [1.82, 2.24) is 0 Å². The van der Waals surface area contributed by atoms with Gasteiger partial charge in [0, 0.05) is 43.1 Å². The molecular weight excluding hydrogens is 354 g/mol. The van der Waals surface area contributed by atoms with Crippen LogP contribution in [0.1, 0.15) is 36.2 Å². The van der Waals surface area contributed by atoms with Gasteiger partial charge in [-0.1, -0.05) is 6.07 Å². The van der Waals surface area contributed by atoms with Crippen molar-refractivity contribution in [2.75, 3.05) is 42.3 Å². The molecule has 0 heterocycles. The second kappa shape index (κ2) is 10.3. The molecule has 2 aromatic rings. The number of anilines is 3. The molecule has 0 fully saturated rings. The first-order valence-electron chi connectivity index (χ1n) is 9.56. The van der Waals surface area contributed by atoms with Crippen LogP contribution in [0, 0.1) is 6.92 Å². The van der Waals surface area contributed by atoms with Crippen molar-refractivity contribution in [2.45, 2.75) is 27.2 Å². The van der Waals surface area contributed by atoms with Crippen molar-refractivity contribution in [3.05, 3.63) is 53.6 Å². The lowest BCUT2D eigenvalue weighted by atomic mass is 10.1. The Labute approximate surface area is 166 Å². The fourth-order valence-corrected chi connectivity index (χ4v) is 3.01. The van der Waals surface area contributed by atoms with Crippen LogP contribution in [0.25, 0.3) is 0 Å². The monoisotopic (exact) mass is 383 g/mol. The molecule has 28 heavy (non-hydrogen) atoms. The van der Waals surface area contributed by atoms with Crippen LogP contribution in [0.5, 0.6) is 0 Å². The Bertz CT molecular complexity index is 816. The standard InChI is InChI=1S/C22H29N3O3/c1-5-25(6-2)19-10-11-20(16(3)14-19)23-13-12-21(26)24-18-9-7-8-17(15-18)22(27)28-4/h7-11,14-15,23H,5-6,12-13H2,1-4H3,(H,24,26). The van der Waals surface area contributed by atoms with Gasteiger partial charge >= 0.3 is 5.97 Å². The maximum absolute atomic E-state index is 12.2. The molecule has 6 heteroatoms. The summed E-state index contributed by atoms with van der Waals surface area (Å²) in [4.78, 5) is 26.1. The Morgan fingerprint density at radius 2 is 1.82 bits per heavy atom. The molecule has 0 saturated carbocycles. The number of nitrogens with zero attached hydrogens (tertiary/aromatic N) is 1. The molecule has 0 aliphatic rings. The lowest BCUT2D eigenvalue weighted by molar-refractivity contribution is -0.115. The van der Waals surface area contributed by atoms with Crippen LogP contribution in [-0.4, -0.2) is 38.6 Å². The molecule has 2 N–H and O–H groups in total. The van der Waals surface area contributed by atoms with Crippen LogP contribution in [0.4, 0.5) is 17.1 Å². The van der Waals surface area contributed by atoms with E-state index in [0.717, 1.165) is 24.3 Å². The minimum absolute atomic E-state index is 0.119. The Kier molecular flexibility index (Phi) is 7.87. The molecule has 0 spiro atoms. The molecule has 0 saturated heterocycles. The van der Waals surface area contributed by atoms with Crippen LogP contribution in [0.3, 0.4) is 0 Å². The molecular formula is C22H29N3O3. The molecule has 0 aliphatic heterocycles. The van der Waals surface area contributed by atoms with Gasteiger partial charge in [0.05, 0.1) is 12.7 Å². The molecule has 1 amide bonds. The molecule has 150 valence electrons. The number of rotatable bonds is 9. The van der Waals surface area contributed by atoms with E-state index in [1.165, 1.54) is 12.8 Å². The van der Waals surface area contributed by atoms with Gasteiger partial charge in [-0.2, -0.15) is 0 Å². The van der Waals surface area contributed by atoms with E-state index in [1.54, 1.807) is 24.3 Å². The van der Waals surface area contributed by atoms with Crippen LogP contribution >= 0.6 is 0 Å². The largest absolute Gasteiger partial charge is 0.465 e. The average molecular weight is 383 g/mol. The molecule has 0 aromatic heterocycles. The van der Waals surface area contributed by atoms with Gasteiger partial charge in [0.25, 0.3) is 0 Å². The maximum Gasteiger partial charge on any atom is 0.337 e. The third-order valence-electron chi connectivity index (χ3n) is 4.57. The third-order valence-corrected chi connectivity index (χ3v) is 4.57. The van der Waals surface area contributed by atoms with E-state index in [2.05, 4.69) is 54.5 Å². The summed E-state index contributed by atoms with van der Waals surface area (Å²) in [7, 11) is 1.33. The van der Waals surface area contributed by atoms with E-state index in [-0.39, 0.29) is 5.91 Å². The smallest absolute Gasteiger partial charge is 0.337 e. The summed E-state index contributed by atoms with van der Waals surface area (Å²) >= 11 is 0. The Hall–Kier alpha value is -3.02. The van der Waals surface area contributed by atoms with E-state index in [4.69, 9.17) is 4.74 Å². The van der Waals surface area contributed by atoms with Crippen molar-refractivity contribution in [3.63, 3.8) is 0 Å². The quantitative estimate of drug-likeness (QED) is 0.639. The van der Waals surface area contributed by atoms with E-state index in [1.807, 2.05) is 0 Å². The third kappa shape index (κ3) is 5.74. The number of esters is 1. The first-order valence-corrected chi connectivity index (χ1v) is 9.56. The number of ether oxygens (including phenoxy) is 1. The predicted molar refractivity (Wildman–Crippen MR) is 114 cm³/mol. The average Bonchev–Trinajstić information content (AvgIpc) is 2.70. The summed E-state index contributed by atoms with van der Waals surface area (Å²) < 4.78 is 4.69. The van der Waals surface area contributed by atoms with Gasteiger partial charge in [-0.15, -0.1) is 0 Å². The van der Waals surface area contributed by atoms with E-state index < -0.39 is 5.97 Å². The van der Waals surface area contributed by atoms with Gasteiger partial charge < -0.3 is 20.3 Å². The molecule has 2 rings (SSSR count). The van der Waals surface area contributed by atoms with Crippen LogP contribution in [0.15, 0.2) is 42.5 Å². The Morgan fingerprint density at radius 3 is 2.46 bits per heavy atom. The van der Waals surface area contributed by atoms with Gasteiger partial charge in [0.15, 0.2) is 0 Å². The summed E-state index contributed by atoms with van der Waals surface area (Å²) in [6.07, 6.45) is 0.319. The highest BCUT2D eigenvalue weighted by Crippen LogP contribution is 2.22. The summed E-state index contributed by atoms with van der Waals surface area (Å²) in [6, 6.07) is 13.0. The minimum atomic E-state index is -0.429. The molecule has 2 aromatic carbocycles. The second-order valence-electron chi connectivity index (χ2n) is 6.47. The summed E-state index contributed by atoms with van der Waals surface area (Å²) in [6.45, 7) is 8.82. The summed E-state index contributed by atoms with van der Waals surface area (Å²) in [5.41, 5.74) is 4.36. The SMILES string of the molecule is CCN(CC)c1ccc(NCCC(=O)Nc2cccc(C(=O)OC)c2)c(C)c1. The molecule has 6 nitrogen and oxygen atoms in total. The highest BCUT2D eigenvalue weighted by atomic mass is 16.5. The zero-order valence-electron chi connectivity index (χ0n) is 17.0. The highest BCUT2D eigenvalue weighted by molar-refractivity contribution is 5.94. The van der Waals surface area contributed by atoms with Crippen molar-refractivity contribution >= 4 is 28.9 Å². The molecule has 0 radical (unpaired) electrons. The zero-order valence-corrected chi connectivity index (χ0v) is 17.0. The highest BCUT2D eigenvalue weighted by Gasteiger charge is 2.09. The molecule has 0 bridgehead atoms. The van der Waals surface area contributed by atoms with Crippen LogP contribution in [0.2, 0.25) is 0 Å². The summed E-state index contributed by atoms with van der Waals surface area (Å²) in [5, 5.41) is 6.13. The number of amides is 1. The van der Waals surface area contributed by atoms with Gasteiger partial charge in [0.2, 0.25) is 5.91 Å². The lowest BCUT2D eigenvalue weighted by Gasteiger charge is -2.22. The number of carbonyl (C=O) groups is 2. The van der Waals surface area contributed by atoms with Gasteiger partial charge in [0.1, 0.15) is 0 Å². The second-order valence-corrected chi connectivity index (χ2v) is 6.47. The molecule has 0 atom stereocenters. The van der Waals surface area contributed by atoms with Gasteiger partial charge in [-0.3, -0.25) is 4.79 Å². The van der Waals surface area contributed by atoms with Gasteiger partial charge in [-0.05, 0) is 62.7 Å². The fourth-order valence-electron chi connectivity index (χ4n) is 3.01. The van der Waals surface area contributed by atoms with E-state index >= 15 is 0 Å². The van der Waals surface area contributed by atoms with Crippen molar-refractivity contribution in [3.8, 4) is 0 Å². The summed E-state index contributed by atoms with van der Waals surface area (Å²) in [5.74, 6) is -0.548. The number of aryl methyl sites for hydroxylation is 1. The first-order chi connectivity index (χ1) is 13.5. The molecule has 0 unspecified atom stereocenters. The van der Waals surface area contributed by atoms with E-state index in [0.29, 0.717) is 24.2 Å². The van der Waals surface area contributed by atoms with Gasteiger partial charge in [-0.25, -0.2) is 4.79 Å². The normalized spacial score (nSPS) is 10.3. The van der Waals surface area contributed by atoms with Crippen molar-refractivity contribution in [2.24, 2.45) is 0 Å². The number of hydrogen-bond donors (Lipinski definition) is 2. The van der Waals surface area contributed by atoms with E-state index in [9.17, 15) is 9.59 Å². The van der Waals surface area contributed by atoms with Crippen molar-refractivity contribution in [1.29, 1.82) is 0 Å². The predicted octanol–water partition coefficient (Wildman–Crippen LogP) is 4.07. The number of hydrogen-bond acceptors (Lipinski definition) is 5. The first kappa shape index (κ1) is 21.3. The zero-order chi connectivity index (χ0) is 20.5. The number of methoxy groups -OCH3 is 1. The minimum Gasteiger partial charge on any atom is -0.465 e. The van der Waals surface area contributed by atoms with Crippen LogP contribution < -0.4 is 15.5 Å². The van der Waals surface area contributed by atoms with Crippen LogP contribution in [-0.2, 0) is 9.53 Å². The number of nitrogens with one attached hydrogen (secondary N) is 2. The topological polar surface area (TPSA) is 70.7 Å².